The summed E-state index contributed by atoms with van der Waals surface area (Å²) in [6.45, 7) is 3.61. The highest BCUT2D eigenvalue weighted by Gasteiger charge is 2.23. The van der Waals surface area contributed by atoms with Crippen molar-refractivity contribution in [2.75, 3.05) is 0 Å². The zero-order chi connectivity index (χ0) is 10.4. The van der Waals surface area contributed by atoms with Crippen LogP contribution in [0.3, 0.4) is 0 Å². The zero-order valence-electron chi connectivity index (χ0n) is 8.08. The molecule has 13 heavy (non-hydrogen) atoms. The largest absolute Gasteiger partial charge is 0.387 e. The lowest BCUT2D eigenvalue weighted by Crippen LogP contribution is -2.35. The number of hydrogen-bond acceptors (Lipinski definition) is 2. The van der Waals surface area contributed by atoms with Crippen molar-refractivity contribution in [1.82, 2.24) is 0 Å². The predicted molar refractivity (Wildman–Crippen MR) is 53.2 cm³/mol. The molecule has 0 radical (unpaired) electrons. The van der Waals surface area contributed by atoms with Gasteiger partial charge in [-0.1, -0.05) is 19.1 Å². The summed E-state index contributed by atoms with van der Waals surface area (Å²) in [7, 11) is 0. The van der Waals surface area contributed by atoms with E-state index < -0.39 is 5.91 Å². The van der Waals surface area contributed by atoms with E-state index in [4.69, 9.17) is 16.9 Å². The Balaban J connectivity index is 4.41. The van der Waals surface area contributed by atoms with E-state index in [-0.39, 0.29) is 17.7 Å². The number of hydrogen-bond donors (Lipinski definition) is 3. The third-order valence-corrected chi connectivity index (χ3v) is 2.09. The molecule has 0 aliphatic rings. The second-order valence-electron chi connectivity index (χ2n) is 3.06. The molecule has 4 nitrogen and oxygen atoms in total. The van der Waals surface area contributed by atoms with Crippen molar-refractivity contribution in [3.8, 4) is 0 Å². The molecule has 0 heterocycles. The van der Waals surface area contributed by atoms with Gasteiger partial charge in [0, 0.05) is 5.92 Å². The SMILES string of the molecule is CC=CCC(C(N)=O)C(C)C(=N)N. The highest BCUT2D eigenvalue weighted by molar-refractivity contribution is 5.87. The van der Waals surface area contributed by atoms with Crippen LogP contribution in [0.4, 0.5) is 0 Å². The molecule has 2 atom stereocenters. The van der Waals surface area contributed by atoms with Crippen LogP contribution in [0, 0.1) is 17.2 Å². The van der Waals surface area contributed by atoms with E-state index in [1.165, 1.54) is 0 Å². The lowest BCUT2D eigenvalue weighted by atomic mass is 9.89. The molecule has 0 bridgehead atoms. The summed E-state index contributed by atoms with van der Waals surface area (Å²) in [5, 5.41) is 7.21. The van der Waals surface area contributed by atoms with E-state index in [0.29, 0.717) is 6.42 Å². The number of primary amides is 1. The smallest absolute Gasteiger partial charge is 0.221 e. The Bertz CT molecular complexity index is 223. The number of rotatable bonds is 5. The first-order valence-corrected chi connectivity index (χ1v) is 4.25. The second kappa shape index (κ2) is 5.35. The van der Waals surface area contributed by atoms with Gasteiger partial charge in [0.15, 0.2) is 0 Å². The van der Waals surface area contributed by atoms with Crippen molar-refractivity contribution in [1.29, 1.82) is 5.41 Å². The number of carbonyl (C=O) groups is 1. The van der Waals surface area contributed by atoms with E-state index >= 15 is 0 Å². The molecule has 0 aliphatic carbocycles. The Labute approximate surface area is 78.5 Å². The molecule has 0 aromatic heterocycles. The maximum absolute atomic E-state index is 11.0. The fraction of sp³-hybridized carbons (Fsp3) is 0.556. The minimum atomic E-state index is -0.402. The van der Waals surface area contributed by atoms with Gasteiger partial charge < -0.3 is 11.5 Å². The molecule has 2 unspecified atom stereocenters. The first kappa shape index (κ1) is 11.7. The molecule has 0 saturated heterocycles. The summed E-state index contributed by atoms with van der Waals surface area (Å²) in [6, 6.07) is 0. The lowest BCUT2D eigenvalue weighted by molar-refractivity contribution is -0.122. The van der Waals surface area contributed by atoms with E-state index in [1.807, 2.05) is 19.1 Å². The van der Waals surface area contributed by atoms with Crippen LogP contribution in [0.5, 0.6) is 0 Å². The number of amidine groups is 1. The average Bonchev–Trinajstić information content (AvgIpc) is 2.04. The van der Waals surface area contributed by atoms with E-state index in [2.05, 4.69) is 0 Å². The number of allylic oxidation sites excluding steroid dienone is 2. The van der Waals surface area contributed by atoms with E-state index in [9.17, 15) is 4.79 Å². The van der Waals surface area contributed by atoms with Crippen LogP contribution in [-0.4, -0.2) is 11.7 Å². The predicted octanol–water partition coefficient (Wildman–Crippen LogP) is 0.626. The van der Waals surface area contributed by atoms with Gasteiger partial charge in [-0.3, -0.25) is 10.2 Å². The Morgan fingerprint density at radius 1 is 1.54 bits per heavy atom. The third kappa shape index (κ3) is 3.73. The van der Waals surface area contributed by atoms with Crippen LogP contribution in [0.15, 0.2) is 12.2 Å². The van der Waals surface area contributed by atoms with Crippen LogP contribution < -0.4 is 11.5 Å². The Kier molecular flexibility index (Phi) is 4.80. The van der Waals surface area contributed by atoms with Gasteiger partial charge in [0.25, 0.3) is 0 Å². The van der Waals surface area contributed by atoms with Gasteiger partial charge >= 0.3 is 0 Å². The molecule has 5 N–H and O–H groups in total. The standard InChI is InChI=1S/C9H17N3O/c1-3-4-5-7(9(12)13)6(2)8(10)11/h3-4,6-7H,5H2,1-2H3,(H3,10,11)(H2,12,13). The normalized spacial score (nSPS) is 15.5. The van der Waals surface area contributed by atoms with Crippen molar-refractivity contribution in [2.45, 2.75) is 20.3 Å². The number of carbonyl (C=O) groups excluding carboxylic acids is 1. The van der Waals surface area contributed by atoms with Gasteiger partial charge in [0.2, 0.25) is 5.91 Å². The molecule has 0 aliphatic heterocycles. The molecular formula is C9H17N3O. The molecule has 0 aromatic rings. The monoisotopic (exact) mass is 183 g/mol. The maximum Gasteiger partial charge on any atom is 0.221 e. The second-order valence-corrected chi connectivity index (χ2v) is 3.06. The first-order chi connectivity index (χ1) is 6.00. The van der Waals surface area contributed by atoms with Crippen molar-refractivity contribution in [3.63, 3.8) is 0 Å². The van der Waals surface area contributed by atoms with Gasteiger partial charge in [-0.15, -0.1) is 0 Å². The quantitative estimate of drug-likeness (QED) is 0.331. The number of nitrogens with one attached hydrogen (secondary N) is 1. The molecule has 4 heteroatoms. The summed E-state index contributed by atoms with van der Waals surface area (Å²) in [5.41, 5.74) is 10.5. The molecule has 74 valence electrons. The van der Waals surface area contributed by atoms with Crippen molar-refractivity contribution >= 4 is 11.7 Å². The summed E-state index contributed by atoms with van der Waals surface area (Å²) in [5.74, 6) is -1.04. The highest BCUT2D eigenvalue weighted by atomic mass is 16.1. The van der Waals surface area contributed by atoms with E-state index in [0.717, 1.165) is 0 Å². The molecular weight excluding hydrogens is 166 g/mol. The first-order valence-electron chi connectivity index (χ1n) is 4.25. The van der Waals surface area contributed by atoms with Crippen molar-refractivity contribution in [2.24, 2.45) is 23.3 Å². The minimum absolute atomic E-state index is 0.00769. The zero-order valence-corrected chi connectivity index (χ0v) is 8.08. The van der Waals surface area contributed by atoms with Crippen molar-refractivity contribution < 1.29 is 4.79 Å². The Hall–Kier alpha value is -1.32. The molecule has 0 aromatic carbocycles. The number of amides is 1. The van der Waals surface area contributed by atoms with Gasteiger partial charge in [-0.05, 0) is 13.3 Å². The van der Waals surface area contributed by atoms with Gasteiger partial charge in [0.05, 0.1) is 11.8 Å². The average molecular weight is 183 g/mol. The highest BCUT2D eigenvalue weighted by Crippen LogP contribution is 2.15. The summed E-state index contributed by atoms with van der Waals surface area (Å²) in [4.78, 5) is 11.0. The van der Waals surface area contributed by atoms with Gasteiger partial charge in [-0.25, -0.2) is 0 Å². The topological polar surface area (TPSA) is 93.0 Å². The van der Waals surface area contributed by atoms with Crippen LogP contribution in [0.1, 0.15) is 20.3 Å². The lowest BCUT2D eigenvalue weighted by Gasteiger charge is -2.17. The van der Waals surface area contributed by atoms with E-state index in [1.54, 1.807) is 6.92 Å². The van der Waals surface area contributed by atoms with Crippen molar-refractivity contribution in [3.05, 3.63) is 12.2 Å². The van der Waals surface area contributed by atoms with Crippen LogP contribution in [0.25, 0.3) is 0 Å². The van der Waals surface area contributed by atoms with Crippen LogP contribution in [-0.2, 0) is 4.79 Å². The summed E-state index contributed by atoms with van der Waals surface area (Å²) in [6.07, 6.45) is 4.25. The van der Waals surface area contributed by atoms with Crippen LogP contribution >= 0.6 is 0 Å². The molecule has 0 fully saturated rings. The minimum Gasteiger partial charge on any atom is -0.387 e. The maximum atomic E-state index is 11.0. The summed E-state index contributed by atoms with van der Waals surface area (Å²) >= 11 is 0. The molecule has 1 amide bonds. The number of nitrogens with two attached hydrogens (primary N) is 2. The third-order valence-electron chi connectivity index (χ3n) is 2.09. The van der Waals surface area contributed by atoms with Gasteiger partial charge in [-0.2, -0.15) is 0 Å². The fourth-order valence-corrected chi connectivity index (χ4v) is 1.07. The molecule has 0 saturated carbocycles. The fourth-order valence-electron chi connectivity index (χ4n) is 1.07. The Morgan fingerprint density at radius 3 is 2.38 bits per heavy atom. The van der Waals surface area contributed by atoms with Gasteiger partial charge in [0.1, 0.15) is 0 Å². The summed E-state index contributed by atoms with van der Waals surface area (Å²) < 4.78 is 0. The Morgan fingerprint density at radius 2 is 2.08 bits per heavy atom. The molecule has 0 spiro atoms. The molecule has 0 rings (SSSR count). The van der Waals surface area contributed by atoms with Crippen LogP contribution in [0.2, 0.25) is 0 Å².